The summed E-state index contributed by atoms with van der Waals surface area (Å²) in [6, 6.07) is 5.42. The minimum atomic E-state index is -0.483. The number of esters is 1. The molecule has 0 N–H and O–H groups in total. The second kappa shape index (κ2) is 6.93. The highest BCUT2D eigenvalue weighted by molar-refractivity contribution is 5.96. The van der Waals surface area contributed by atoms with E-state index in [0.29, 0.717) is 17.2 Å². The van der Waals surface area contributed by atoms with Crippen LogP contribution in [0.5, 0.6) is 5.75 Å². The molecular weight excluding hydrogens is 258 g/mol. The van der Waals surface area contributed by atoms with Gasteiger partial charge in [0.15, 0.2) is 6.61 Å². The molecule has 0 saturated carbocycles. The monoisotopic (exact) mass is 279 g/mol. The van der Waals surface area contributed by atoms with Crippen molar-refractivity contribution in [1.29, 1.82) is 0 Å². The van der Waals surface area contributed by atoms with E-state index in [0.717, 1.165) is 5.56 Å². The molecule has 5 heteroatoms. The maximum Gasteiger partial charge on any atom is 0.343 e. The van der Waals surface area contributed by atoms with Crippen LogP contribution in [0.4, 0.5) is 0 Å². The first-order valence-corrected chi connectivity index (χ1v) is 6.42. The highest BCUT2D eigenvalue weighted by Gasteiger charge is 2.17. The van der Waals surface area contributed by atoms with Crippen LogP contribution in [0.25, 0.3) is 0 Å². The van der Waals surface area contributed by atoms with E-state index in [1.54, 1.807) is 26.2 Å². The Morgan fingerprint density at radius 2 is 1.90 bits per heavy atom. The molecule has 0 aliphatic rings. The van der Waals surface area contributed by atoms with Crippen LogP contribution in [0, 0.1) is 0 Å². The number of ether oxygens (including phenoxy) is 2. The van der Waals surface area contributed by atoms with Gasteiger partial charge < -0.3 is 14.4 Å². The molecule has 0 aliphatic carbocycles. The molecule has 110 valence electrons. The molecule has 0 atom stereocenters. The molecule has 0 fully saturated rings. The van der Waals surface area contributed by atoms with Crippen molar-refractivity contribution in [1.82, 2.24) is 4.90 Å². The van der Waals surface area contributed by atoms with E-state index < -0.39 is 5.97 Å². The Morgan fingerprint density at radius 3 is 2.40 bits per heavy atom. The number of hydrogen-bond acceptors (Lipinski definition) is 4. The molecule has 0 saturated heterocycles. The van der Waals surface area contributed by atoms with Gasteiger partial charge in [0.05, 0.1) is 12.7 Å². The number of methoxy groups -OCH3 is 1. The van der Waals surface area contributed by atoms with Gasteiger partial charge in [0.2, 0.25) is 0 Å². The van der Waals surface area contributed by atoms with Crippen LogP contribution < -0.4 is 4.74 Å². The van der Waals surface area contributed by atoms with Crippen LogP contribution in [-0.2, 0) is 9.53 Å². The lowest BCUT2D eigenvalue weighted by Gasteiger charge is -2.16. The zero-order valence-electron chi connectivity index (χ0n) is 12.6. The van der Waals surface area contributed by atoms with E-state index in [4.69, 9.17) is 4.74 Å². The summed E-state index contributed by atoms with van der Waals surface area (Å²) in [6.45, 7) is 3.88. The maximum atomic E-state index is 12.1. The zero-order chi connectivity index (χ0) is 15.3. The lowest BCUT2D eigenvalue weighted by atomic mass is 10.0. The Hall–Kier alpha value is -2.04. The first-order valence-electron chi connectivity index (χ1n) is 6.42. The summed E-state index contributed by atoms with van der Waals surface area (Å²) < 4.78 is 9.97. The Bertz CT molecular complexity index is 495. The first-order chi connectivity index (χ1) is 9.36. The molecule has 0 unspecified atom stereocenters. The lowest BCUT2D eigenvalue weighted by Crippen LogP contribution is -2.23. The summed E-state index contributed by atoms with van der Waals surface area (Å²) in [5.41, 5.74) is 1.48. The van der Waals surface area contributed by atoms with Crippen molar-refractivity contribution >= 4 is 11.9 Å². The topological polar surface area (TPSA) is 55.8 Å². The normalized spacial score (nSPS) is 10.3. The van der Waals surface area contributed by atoms with Crippen molar-refractivity contribution in [3.05, 3.63) is 29.3 Å². The average molecular weight is 279 g/mol. The molecule has 1 aromatic rings. The van der Waals surface area contributed by atoms with Gasteiger partial charge in [-0.25, -0.2) is 4.79 Å². The highest BCUT2D eigenvalue weighted by atomic mass is 16.6. The molecule has 20 heavy (non-hydrogen) atoms. The Morgan fingerprint density at radius 1 is 1.25 bits per heavy atom. The van der Waals surface area contributed by atoms with Gasteiger partial charge >= 0.3 is 5.97 Å². The smallest absolute Gasteiger partial charge is 0.343 e. The number of rotatable bonds is 5. The summed E-state index contributed by atoms with van der Waals surface area (Å²) in [5, 5.41) is 0. The SMILES string of the molecule is COC(=O)COc1cc(C(C)C)ccc1C(=O)N(C)C. The van der Waals surface area contributed by atoms with E-state index in [-0.39, 0.29) is 12.5 Å². The quantitative estimate of drug-likeness (QED) is 0.774. The van der Waals surface area contributed by atoms with Crippen LogP contribution in [0.1, 0.15) is 35.7 Å². The number of amides is 1. The fourth-order valence-corrected chi connectivity index (χ4v) is 1.63. The van der Waals surface area contributed by atoms with E-state index >= 15 is 0 Å². The molecule has 5 nitrogen and oxygen atoms in total. The van der Waals surface area contributed by atoms with Gasteiger partial charge in [0, 0.05) is 14.1 Å². The molecule has 0 aromatic heterocycles. The van der Waals surface area contributed by atoms with E-state index in [1.165, 1.54) is 12.0 Å². The van der Waals surface area contributed by atoms with Crippen molar-refractivity contribution in [3.63, 3.8) is 0 Å². The third-order valence-electron chi connectivity index (χ3n) is 2.88. The van der Waals surface area contributed by atoms with Crippen LogP contribution in [0.3, 0.4) is 0 Å². The Kier molecular flexibility index (Phi) is 5.55. The fraction of sp³-hybridized carbons (Fsp3) is 0.467. The molecule has 0 aliphatic heterocycles. The molecule has 0 heterocycles. The van der Waals surface area contributed by atoms with Crippen molar-refractivity contribution in [2.75, 3.05) is 27.8 Å². The largest absolute Gasteiger partial charge is 0.481 e. The van der Waals surface area contributed by atoms with Crippen molar-refractivity contribution in [2.24, 2.45) is 0 Å². The molecule has 0 radical (unpaired) electrons. The van der Waals surface area contributed by atoms with Crippen molar-refractivity contribution in [3.8, 4) is 5.75 Å². The van der Waals surface area contributed by atoms with E-state index in [1.807, 2.05) is 19.9 Å². The summed E-state index contributed by atoms with van der Waals surface area (Å²) >= 11 is 0. The summed E-state index contributed by atoms with van der Waals surface area (Å²) in [4.78, 5) is 24.7. The van der Waals surface area contributed by atoms with Gasteiger partial charge in [0.25, 0.3) is 5.91 Å². The van der Waals surface area contributed by atoms with Crippen molar-refractivity contribution in [2.45, 2.75) is 19.8 Å². The lowest BCUT2D eigenvalue weighted by molar-refractivity contribution is -0.142. The summed E-state index contributed by atoms with van der Waals surface area (Å²) in [7, 11) is 4.63. The first kappa shape index (κ1) is 16.0. The van der Waals surface area contributed by atoms with E-state index in [9.17, 15) is 9.59 Å². The Balaban J connectivity index is 3.09. The van der Waals surface area contributed by atoms with Gasteiger partial charge in [-0.05, 0) is 23.6 Å². The van der Waals surface area contributed by atoms with E-state index in [2.05, 4.69) is 4.74 Å². The van der Waals surface area contributed by atoms with Crippen LogP contribution >= 0.6 is 0 Å². The van der Waals surface area contributed by atoms with Gasteiger partial charge in [-0.15, -0.1) is 0 Å². The van der Waals surface area contributed by atoms with Gasteiger partial charge in [-0.3, -0.25) is 4.79 Å². The Labute approximate surface area is 119 Å². The maximum absolute atomic E-state index is 12.1. The van der Waals surface area contributed by atoms with Crippen LogP contribution in [0.2, 0.25) is 0 Å². The number of hydrogen-bond donors (Lipinski definition) is 0. The number of carbonyl (C=O) groups is 2. The molecule has 1 aromatic carbocycles. The minimum absolute atomic E-state index is 0.167. The second-order valence-electron chi connectivity index (χ2n) is 4.97. The number of benzene rings is 1. The average Bonchev–Trinajstić information content (AvgIpc) is 2.43. The van der Waals surface area contributed by atoms with Crippen molar-refractivity contribution < 1.29 is 19.1 Å². The van der Waals surface area contributed by atoms with Crippen LogP contribution in [0.15, 0.2) is 18.2 Å². The standard InChI is InChI=1S/C15H21NO4/c1-10(2)11-6-7-12(15(18)16(3)4)13(8-11)20-9-14(17)19-5/h6-8,10H,9H2,1-5H3. The minimum Gasteiger partial charge on any atom is -0.481 e. The predicted molar refractivity (Wildman–Crippen MR) is 76.1 cm³/mol. The molecule has 1 amide bonds. The predicted octanol–water partition coefficient (Wildman–Crippen LogP) is 2.06. The molecule has 1 rings (SSSR count). The number of nitrogens with zero attached hydrogens (tertiary/aromatic N) is 1. The molecule has 0 spiro atoms. The van der Waals surface area contributed by atoms with Crippen LogP contribution in [-0.4, -0.2) is 44.6 Å². The summed E-state index contributed by atoms with van der Waals surface area (Å²) in [6.07, 6.45) is 0. The van der Waals surface area contributed by atoms with Gasteiger partial charge in [-0.1, -0.05) is 19.9 Å². The third kappa shape index (κ3) is 3.98. The molecule has 0 bridgehead atoms. The number of carbonyl (C=O) groups excluding carboxylic acids is 2. The second-order valence-corrected chi connectivity index (χ2v) is 4.97. The zero-order valence-corrected chi connectivity index (χ0v) is 12.6. The van der Waals surface area contributed by atoms with Gasteiger partial charge in [0.1, 0.15) is 5.75 Å². The fourth-order valence-electron chi connectivity index (χ4n) is 1.63. The molecular formula is C15H21NO4. The van der Waals surface area contributed by atoms with Gasteiger partial charge in [-0.2, -0.15) is 0 Å². The highest BCUT2D eigenvalue weighted by Crippen LogP contribution is 2.25. The summed E-state index contributed by atoms with van der Waals surface area (Å²) in [5.74, 6) is 0.0580. The third-order valence-corrected chi connectivity index (χ3v) is 2.88.